The molecule has 3 N–H and O–H groups in total. The highest BCUT2D eigenvalue weighted by molar-refractivity contribution is 5.95. The third-order valence-corrected chi connectivity index (χ3v) is 5.35. The van der Waals surface area contributed by atoms with E-state index in [4.69, 9.17) is 10.5 Å². The van der Waals surface area contributed by atoms with Crippen LogP contribution in [-0.2, 0) is 4.79 Å². The first-order valence-corrected chi connectivity index (χ1v) is 9.32. The number of carbonyl (C=O) groups is 2. The normalized spacial score (nSPS) is 20.8. The Morgan fingerprint density at radius 1 is 1.24 bits per heavy atom. The molecule has 3 aliphatic rings. The summed E-state index contributed by atoms with van der Waals surface area (Å²) in [5, 5.41) is 2.83. The predicted octanol–water partition coefficient (Wildman–Crippen LogP) is 1.99. The fraction of sp³-hybridized carbons (Fsp3) is 0.632. The summed E-state index contributed by atoms with van der Waals surface area (Å²) in [6.07, 6.45) is 8.54. The first kappa shape index (κ1) is 16.4. The van der Waals surface area contributed by atoms with Gasteiger partial charge in [-0.05, 0) is 67.9 Å². The van der Waals surface area contributed by atoms with Crippen molar-refractivity contribution < 1.29 is 14.3 Å². The van der Waals surface area contributed by atoms with Crippen molar-refractivity contribution in [3.05, 3.63) is 23.5 Å². The van der Waals surface area contributed by atoms with Gasteiger partial charge in [-0.3, -0.25) is 9.59 Å². The van der Waals surface area contributed by atoms with E-state index in [1.165, 1.54) is 25.7 Å². The van der Waals surface area contributed by atoms with Gasteiger partial charge in [0.1, 0.15) is 0 Å². The van der Waals surface area contributed by atoms with Crippen LogP contribution in [0.2, 0.25) is 0 Å². The first-order chi connectivity index (χ1) is 12.1. The van der Waals surface area contributed by atoms with Crippen LogP contribution in [0.3, 0.4) is 0 Å². The molecule has 6 heteroatoms. The van der Waals surface area contributed by atoms with Crippen LogP contribution in [0, 0.1) is 17.8 Å². The third-order valence-electron chi connectivity index (χ3n) is 5.35. The Hall–Kier alpha value is -2.11. The standard InChI is InChI=1S/C19H25N3O3/c20-18(23)15(13-5-6-13)9-22-19(24)17-16(25-10-11-1-2-11)7-14(8-21-17)12-3-4-12/h7-8,11-13,15H,1-6,9-10H2,(H2,20,23)(H,22,24)/t15-/m1/s1. The molecule has 1 aromatic rings. The maximum atomic E-state index is 12.6. The van der Waals surface area contributed by atoms with Gasteiger partial charge in [0.05, 0.1) is 12.5 Å². The van der Waals surface area contributed by atoms with E-state index in [2.05, 4.69) is 10.3 Å². The fourth-order valence-corrected chi connectivity index (χ4v) is 3.16. The van der Waals surface area contributed by atoms with Gasteiger partial charge < -0.3 is 15.8 Å². The van der Waals surface area contributed by atoms with Crippen molar-refractivity contribution in [2.45, 2.75) is 44.4 Å². The van der Waals surface area contributed by atoms with Crippen molar-refractivity contribution in [1.82, 2.24) is 10.3 Å². The summed E-state index contributed by atoms with van der Waals surface area (Å²) in [5.41, 5.74) is 6.91. The lowest BCUT2D eigenvalue weighted by Gasteiger charge is -2.15. The first-order valence-electron chi connectivity index (χ1n) is 9.32. The maximum Gasteiger partial charge on any atom is 0.273 e. The third kappa shape index (κ3) is 4.11. The van der Waals surface area contributed by atoms with E-state index in [9.17, 15) is 9.59 Å². The van der Waals surface area contributed by atoms with Crippen molar-refractivity contribution in [3.63, 3.8) is 0 Å². The second-order valence-electron chi connectivity index (χ2n) is 7.70. The smallest absolute Gasteiger partial charge is 0.273 e. The van der Waals surface area contributed by atoms with Gasteiger partial charge >= 0.3 is 0 Å². The van der Waals surface area contributed by atoms with Gasteiger partial charge in [0, 0.05) is 12.7 Å². The van der Waals surface area contributed by atoms with E-state index in [0.717, 1.165) is 18.4 Å². The van der Waals surface area contributed by atoms with Crippen LogP contribution < -0.4 is 15.8 Å². The molecule has 0 radical (unpaired) electrons. The number of hydrogen-bond donors (Lipinski definition) is 2. The molecule has 0 unspecified atom stereocenters. The summed E-state index contributed by atoms with van der Waals surface area (Å²) < 4.78 is 5.90. The Bertz CT molecular complexity index is 678. The molecule has 25 heavy (non-hydrogen) atoms. The van der Waals surface area contributed by atoms with Crippen molar-refractivity contribution in [2.75, 3.05) is 13.2 Å². The van der Waals surface area contributed by atoms with Gasteiger partial charge in [-0.25, -0.2) is 4.98 Å². The summed E-state index contributed by atoms with van der Waals surface area (Å²) >= 11 is 0. The summed E-state index contributed by atoms with van der Waals surface area (Å²) in [4.78, 5) is 28.5. The summed E-state index contributed by atoms with van der Waals surface area (Å²) in [7, 11) is 0. The Morgan fingerprint density at radius 2 is 2.00 bits per heavy atom. The molecule has 1 heterocycles. The molecule has 0 spiro atoms. The molecular formula is C19H25N3O3. The number of amides is 2. The fourth-order valence-electron chi connectivity index (χ4n) is 3.16. The molecule has 0 saturated heterocycles. The second kappa shape index (κ2) is 6.65. The molecule has 6 nitrogen and oxygen atoms in total. The van der Waals surface area contributed by atoms with E-state index < -0.39 is 0 Å². The van der Waals surface area contributed by atoms with E-state index in [0.29, 0.717) is 35.8 Å². The Balaban J connectivity index is 1.44. The quantitative estimate of drug-likeness (QED) is 0.717. The lowest BCUT2D eigenvalue weighted by atomic mass is 10.0. The number of aromatic nitrogens is 1. The number of nitrogens with two attached hydrogens (primary N) is 1. The summed E-state index contributed by atoms with van der Waals surface area (Å²) in [5.74, 6) is 1.12. The molecule has 1 aromatic heterocycles. The van der Waals surface area contributed by atoms with Gasteiger partial charge in [0.25, 0.3) is 5.91 Å². The van der Waals surface area contributed by atoms with Gasteiger partial charge in [-0.2, -0.15) is 0 Å². The van der Waals surface area contributed by atoms with Crippen LogP contribution in [0.5, 0.6) is 5.75 Å². The predicted molar refractivity (Wildman–Crippen MR) is 92.2 cm³/mol. The molecule has 134 valence electrons. The van der Waals surface area contributed by atoms with Crippen molar-refractivity contribution in [2.24, 2.45) is 23.5 Å². The van der Waals surface area contributed by atoms with E-state index in [1.807, 2.05) is 6.07 Å². The number of nitrogens with zero attached hydrogens (tertiary/aromatic N) is 1. The minimum atomic E-state index is -0.343. The molecule has 0 aromatic carbocycles. The van der Waals surface area contributed by atoms with Crippen molar-refractivity contribution in [3.8, 4) is 5.75 Å². The highest BCUT2D eigenvalue weighted by Gasteiger charge is 2.35. The molecule has 3 aliphatic carbocycles. The summed E-state index contributed by atoms with van der Waals surface area (Å²) in [6, 6.07) is 1.97. The number of ether oxygens (including phenoxy) is 1. The molecule has 2 amide bonds. The van der Waals surface area contributed by atoms with Gasteiger partial charge in [0.15, 0.2) is 11.4 Å². The maximum absolute atomic E-state index is 12.6. The zero-order valence-corrected chi connectivity index (χ0v) is 14.4. The zero-order chi connectivity index (χ0) is 17.4. The van der Waals surface area contributed by atoms with Crippen molar-refractivity contribution in [1.29, 1.82) is 0 Å². The molecule has 1 atom stereocenters. The number of primary amides is 1. The minimum Gasteiger partial charge on any atom is -0.491 e. The van der Waals surface area contributed by atoms with Crippen LogP contribution in [0.25, 0.3) is 0 Å². The van der Waals surface area contributed by atoms with Crippen LogP contribution in [0.1, 0.15) is 60.5 Å². The molecule has 3 saturated carbocycles. The highest BCUT2D eigenvalue weighted by atomic mass is 16.5. The molecule has 0 bridgehead atoms. The average Bonchev–Trinajstić information content (AvgIpc) is 3.47. The second-order valence-corrected chi connectivity index (χ2v) is 7.70. The van der Waals surface area contributed by atoms with Gasteiger partial charge in [-0.15, -0.1) is 0 Å². The van der Waals surface area contributed by atoms with Gasteiger partial charge in [0.2, 0.25) is 5.91 Å². The molecule has 0 aliphatic heterocycles. The Labute approximate surface area is 147 Å². The summed E-state index contributed by atoms with van der Waals surface area (Å²) in [6.45, 7) is 0.912. The minimum absolute atomic E-state index is 0.271. The lowest BCUT2D eigenvalue weighted by Crippen LogP contribution is -2.37. The topological polar surface area (TPSA) is 94.3 Å². The van der Waals surface area contributed by atoms with E-state index in [-0.39, 0.29) is 24.3 Å². The largest absolute Gasteiger partial charge is 0.491 e. The molecule has 3 fully saturated rings. The number of rotatable bonds is 9. The molecule has 4 rings (SSSR count). The van der Waals surface area contributed by atoms with Crippen LogP contribution in [0.4, 0.5) is 0 Å². The van der Waals surface area contributed by atoms with E-state index >= 15 is 0 Å². The Kier molecular flexibility index (Phi) is 4.36. The van der Waals surface area contributed by atoms with Crippen LogP contribution in [0.15, 0.2) is 12.3 Å². The number of hydrogen-bond acceptors (Lipinski definition) is 4. The lowest BCUT2D eigenvalue weighted by molar-refractivity contribution is -0.122. The number of carbonyl (C=O) groups excluding carboxylic acids is 2. The Morgan fingerprint density at radius 3 is 2.60 bits per heavy atom. The molecular weight excluding hydrogens is 318 g/mol. The van der Waals surface area contributed by atoms with Crippen LogP contribution >= 0.6 is 0 Å². The average molecular weight is 343 g/mol. The zero-order valence-electron chi connectivity index (χ0n) is 14.4. The van der Waals surface area contributed by atoms with Crippen molar-refractivity contribution >= 4 is 11.8 Å². The highest BCUT2D eigenvalue weighted by Crippen LogP contribution is 2.41. The van der Waals surface area contributed by atoms with Gasteiger partial charge in [-0.1, -0.05) is 0 Å². The van der Waals surface area contributed by atoms with Crippen LogP contribution in [-0.4, -0.2) is 29.9 Å². The SMILES string of the molecule is NC(=O)[C@H](CNC(=O)c1ncc(C2CC2)cc1OCC1CC1)C1CC1. The van der Waals surface area contributed by atoms with E-state index in [1.54, 1.807) is 6.20 Å². The number of pyridine rings is 1. The number of nitrogens with one attached hydrogen (secondary N) is 1. The monoisotopic (exact) mass is 343 g/mol.